The van der Waals surface area contributed by atoms with Crippen molar-refractivity contribution in [1.29, 1.82) is 0 Å². The molecular formula is C10H10O6. The fourth-order valence-corrected chi connectivity index (χ4v) is 1.14. The summed E-state index contributed by atoms with van der Waals surface area (Å²) in [4.78, 5) is 21.1. The second kappa shape index (κ2) is 4.63. The summed E-state index contributed by atoms with van der Waals surface area (Å²) in [6.45, 7) is 3.14. The number of carbonyl (C=O) groups is 2. The first-order chi connectivity index (χ1) is 7.41. The van der Waals surface area contributed by atoms with Gasteiger partial charge in [0.25, 0.3) is 0 Å². The zero-order chi connectivity index (χ0) is 12.3. The molecule has 0 radical (unpaired) electrons. The van der Waals surface area contributed by atoms with Crippen molar-refractivity contribution in [3.8, 4) is 0 Å². The lowest BCUT2D eigenvalue weighted by atomic mass is 10.0. The monoisotopic (exact) mass is 226 g/mol. The van der Waals surface area contributed by atoms with Crippen LogP contribution in [0.25, 0.3) is 0 Å². The number of aliphatic hydroxyl groups excluding tert-OH is 1. The highest BCUT2D eigenvalue weighted by atomic mass is 16.5. The van der Waals surface area contributed by atoms with Crippen LogP contribution >= 0.6 is 0 Å². The van der Waals surface area contributed by atoms with E-state index in [0.717, 1.165) is 6.08 Å². The molecule has 1 aliphatic carbocycles. The Bertz CT molecular complexity index is 392. The molecule has 0 saturated carbocycles. The van der Waals surface area contributed by atoms with E-state index in [0.29, 0.717) is 0 Å². The number of aliphatic carboxylic acids is 2. The Kier molecular flexibility index (Phi) is 3.47. The van der Waals surface area contributed by atoms with E-state index in [1.807, 2.05) is 0 Å². The van der Waals surface area contributed by atoms with Crippen LogP contribution in [0.2, 0.25) is 0 Å². The van der Waals surface area contributed by atoms with Crippen molar-refractivity contribution in [2.75, 3.05) is 0 Å². The Morgan fingerprint density at radius 3 is 2.44 bits per heavy atom. The lowest BCUT2D eigenvalue weighted by Crippen LogP contribution is -2.24. The zero-order valence-corrected chi connectivity index (χ0v) is 8.16. The molecule has 86 valence electrons. The average molecular weight is 226 g/mol. The Balaban J connectivity index is 2.77. The number of hydrogen-bond donors (Lipinski definition) is 3. The van der Waals surface area contributed by atoms with Crippen LogP contribution in [0.1, 0.15) is 0 Å². The molecule has 1 aliphatic rings. The van der Waals surface area contributed by atoms with Gasteiger partial charge in [-0.25, -0.2) is 9.59 Å². The summed E-state index contributed by atoms with van der Waals surface area (Å²) in [5.41, 5.74) is -0.259. The third kappa shape index (κ3) is 2.71. The Morgan fingerprint density at radius 1 is 1.31 bits per heavy atom. The first kappa shape index (κ1) is 12.0. The van der Waals surface area contributed by atoms with Gasteiger partial charge in [0.2, 0.25) is 0 Å². The summed E-state index contributed by atoms with van der Waals surface area (Å²) in [7, 11) is 0. The van der Waals surface area contributed by atoms with Crippen molar-refractivity contribution < 1.29 is 29.6 Å². The molecule has 0 bridgehead atoms. The van der Waals surface area contributed by atoms with E-state index in [9.17, 15) is 14.7 Å². The number of carboxylic acids is 2. The lowest BCUT2D eigenvalue weighted by Gasteiger charge is -2.18. The number of carboxylic acid groups (broad SMARTS) is 2. The van der Waals surface area contributed by atoms with Crippen LogP contribution < -0.4 is 0 Å². The van der Waals surface area contributed by atoms with Crippen LogP contribution in [0, 0.1) is 0 Å². The first-order valence-electron chi connectivity index (χ1n) is 4.32. The van der Waals surface area contributed by atoms with E-state index >= 15 is 0 Å². The van der Waals surface area contributed by atoms with Gasteiger partial charge in [-0.2, -0.15) is 0 Å². The molecule has 0 aromatic rings. The van der Waals surface area contributed by atoms with Crippen molar-refractivity contribution in [3.63, 3.8) is 0 Å². The fourth-order valence-electron chi connectivity index (χ4n) is 1.14. The molecule has 16 heavy (non-hydrogen) atoms. The smallest absolute Gasteiger partial charge is 0.370 e. The Labute approximate surface area is 90.8 Å². The summed E-state index contributed by atoms with van der Waals surface area (Å²) in [5, 5.41) is 26.5. The molecule has 0 heterocycles. The fraction of sp³-hybridized carbons (Fsp3) is 0.200. The van der Waals surface area contributed by atoms with Gasteiger partial charge >= 0.3 is 11.9 Å². The van der Waals surface area contributed by atoms with Gasteiger partial charge in [-0.05, 0) is 18.7 Å². The zero-order valence-electron chi connectivity index (χ0n) is 8.16. The minimum atomic E-state index is -1.33. The molecule has 0 spiro atoms. The second-order valence-corrected chi connectivity index (χ2v) is 3.07. The van der Waals surface area contributed by atoms with Crippen LogP contribution in [0.4, 0.5) is 0 Å². The molecule has 3 N–H and O–H groups in total. The second-order valence-electron chi connectivity index (χ2n) is 3.07. The van der Waals surface area contributed by atoms with Gasteiger partial charge < -0.3 is 20.1 Å². The van der Waals surface area contributed by atoms with Crippen LogP contribution in [0.15, 0.2) is 36.1 Å². The molecule has 0 unspecified atom stereocenters. The quantitative estimate of drug-likeness (QED) is 0.351. The summed E-state index contributed by atoms with van der Waals surface area (Å²) in [6.07, 6.45) is 1.63. The van der Waals surface area contributed by atoms with E-state index in [1.165, 1.54) is 12.2 Å². The predicted octanol–water partition coefficient (Wildman–Crippen LogP) is -0.0884. The largest absolute Gasteiger partial charge is 0.478 e. The van der Waals surface area contributed by atoms with Gasteiger partial charge in [-0.1, -0.05) is 6.08 Å². The summed E-state index contributed by atoms with van der Waals surface area (Å²) < 4.78 is 4.85. The van der Waals surface area contributed by atoms with Gasteiger partial charge in [0, 0.05) is 0 Å². The molecule has 0 fully saturated rings. The molecule has 6 nitrogen and oxygen atoms in total. The summed E-state index contributed by atoms with van der Waals surface area (Å²) in [6, 6.07) is 0. The molecule has 1 rings (SSSR count). The third-order valence-electron chi connectivity index (χ3n) is 1.91. The number of hydrogen-bond acceptors (Lipinski definition) is 4. The molecular weight excluding hydrogens is 216 g/mol. The molecule has 0 aromatic carbocycles. The Hall–Kier alpha value is -2.08. The van der Waals surface area contributed by atoms with Crippen LogP contribution in [-0.4, -0.2) is 39.5 Å². The maximum atomic E-state index is 10.7. The van der Waals surface area contributed by atoms with Gasteiger partial charge in [-0.3, -0.25) is 0 Å². The van der Waals surface area contributed by atoms with Crippen LogP contribution in [-0.2, 0) is 14.3 Å². The standard InChI is InChI=1S/C10H10O6/c1-5(9(12)13)16-6-2-3-8(11)7(4-6)10(14)15/h2-4,6,8,11H,1H2,(H,12,13)(H,14,15)/t6-,8-/m0/s1. The summed E-state index contributed by atoms with van der Waals surface area (Å²) >= 11 is 0. The predicted molar refractivity (Wildman–Crippen MR) is 52.5 cm³/mol. The molecule has 2 atom stereocenters. The maximum absolute atomic E-state index is 10.7. The van der Waals surface area contributed by atoms with Crippen molar-refractivity contribution in [3.05, 3.63) is 36.1 Å². The average Bonchev–Trinajstić information content (AvgIpc) is 2.20. The van der Waals surface area contributed by atoms with Gasteiger partial charge in [0.1, 0.15) is 12.2 Å². The van der Waals surface area contributed by atoms with Crippen LogP contribution in [0.3, 0.4) is 0 Å². The molecule has 0 amide bonds. The molecule has 0 aliphatic heterocycles. The molecule has 0 saturated heterocycles. The highest BCUT2D eigenvalue weighted by Crippen LogP contribution is 2.16. The Morgan fingerprint density at radius 2 is 1.94 bits per heavy atom. The number of rotatable bonds is 4. The molecule has 0 aromatic heterocycles. The van der Waals surface area contributed by atoms with Crippen LogP contribution in [0.5, 0.6) is 0 Å². The SMILES string of the molecule is C=C(O[C@H]1C=C[C@H](O)C(C(=O)O)=C1)C(=O)O. The highest BCUT2D eigenvalue weighted by molar-refractivity contribution is 5.89. The van der Waals surface area contributed by atoms with E-state index < -0.39 is 29.9 Å². The van der Waals surface area contributed by atoms with Crippen molar-refractivity contribution in [1.82, 2.24) is 0 Å². The third-order valence-corrected chi connectivity index (χ3v) is 1.91. The first-order valence-corrected chi connectivity index (χ1v) is 4.32. The molecule has 6 heteroatoms. The number of aliphatic hydroxyl groups is 1. The number of ether oxygens (including phenoxy) is 1. The van der Waals surface area contributed by atoms with E-state index in [1.54, 1.807) is 0 Å². The summed E-state index contributed by atoms with van der Waals surface area (Å²) in [5.74, 6) is -3.11. The van der Waals surface area contributed by atoms with Gasteiger partial charge in [0.05, 0.1) is 5.57 Å². The lowest BCUT2D eigenvalue weighted by molar-refractivity contribution is -0.136. The minimum Gasteiger partial charge on any atom is -0.478 e. The van der Waals surface area contributed by atoms with E-state index in [2.05, 4.69) is 6.58 Å². The van der Waals surface area contributed by atoms with Gasteiger partial charge in [-0.15, -0.1) is 0 Å². The van der Waals surface area contributed by atoms with E-state index in [4.69, 9.17) is 14.9 Å². The van der Waals surface area contributed by atoms with Crippen molar-refractivity contribution >= 4 is 11.9 Å². The van der Waals surface area contributed by atoms with Crippen molar-refractivity contribution in [2.24, 2.45) is 0 Å². The highest BCUT2D eigenvalue weighted by Gasteiger charge is 2.23. The minimum absolute atomic E-state index is 0.259. The van der Waals surface area contributed by atoms with E-state index in [-0.39, 0.29) is 5.57 Å². The normalized spacial score (nSPS) is 23.4. The van der Waals surface area contributed by atoms with Crippen molar-refractivity contribution in [2.45, 2.75) is 12.2 Å². The topological polar surface area (TPSA) is 104 Å². The van der Waals surface area contributed by atoms with Gasteiger partial charge in [0.15, 0.2) is 5.76 Å². The maximum Gasteiger partial charge on any atom is 0.370 e.